The first kappa shape index (κ1) is 19.3. The van der Waals surface area contributed by atoms with Crippen LogP contribution in [-0.4, -0.2) is 44.6 Å². The monoisotopic (exact) mass is 410 g/mol. The number of fused-ring (bicyclic) bond motifs is 1. The third kappa shape index (κ3) is 4.12. The fourth-order valence-corrected chi connectivity index (χ4v) is 2.78. The van der Waals surface area contributed by atoms with Crippen molar-refractivity contribution >= 4 is 46.0 Å². The van der Waals surface area contributed by atoms with Gasteiger partial charge in [0.05, 0.1) is 11.2 Å². The normalized spacial score (nSPS) is 11.6. The van der Waals surface area contributed by atoms with Crippen molar-refractivity contribution in [2.75, 3.05) is 18.5 Å². The van der Waals surface area contributed by atoms with Gasteiger partial charge in [-0.15, -0.1) is 0 Å². The van der Waals surface area contributed by atoms with E-state index in [2.05, 4.69) is 30.6 Å². The maximum Gasteiger partial charge on any atom is 0.245 e. The molecule has 0 saturated carbocycles. The molecule has 0 spiro atoms. The molecule has 0 aliphatic heterocycles. The zero-order chi connectivity index (χ0) is 19.6. The van der Waals surface area contributed by atoms with E-state index in [1.807, 2.05) is 0 Å². The number of anilines is 1. The minimum atomic E-state index is -1.06. The molecular weight excluding hydrogens is 394 g/mol. The Morgan fingerprint density at radius 3 is 2.81 bits per heavy atom. The second-order valence-corrected chi connectivity index (χ2v) is 7.18. The van der Waals surface area contributed by atoms with Crippen molar-refractivity contribution in [1.29, 1.82) is 0 Å². The molecule has 0 fully saturated rings. The molecule has 3 aromatic heterocycles. The molecule has 0 aliphatic rings. The average molecular weight is 411 g/mol. The Hall–Kier alpha value is -2.45. The third-order valence-corrected chi connectivity index (χ3v) is 4.34. The number of hydrogen-bond donors (Lipinski definition) is 3. The van der Waals surface area contributed by atoms with Crippen molar-refractivity contribution in [3.63, 3.8) is 0 Å². The van der Waals surface area contributed by atoms with Crippen LogP contribution < -0.4 is 10.6 Å². The molecule has 3 heterocycles. The number of nitrogens with zero attached hydrogens (tertiary/aromatic N) is 3. The van der Waals surface area contributed by atoms with Gasteiger partial charge in [0, 0.05) is 29.9 Å². The Balaban J connectivity index is 1.94. The third-order valence-electron chi connectivity index (χ3n) is 3.86. The number of alkyl halides is 1. The summed E-state index contributed by atoms with van der Waals surface area (Å²) >= 11 is 12.2. The molecule has 0 saturated heterocycles. The number of nitrogens with one attached hydrogen (secondary N) is 3. The molecule has 10 heteroatoms. The number of H-pyrrole nitrogens is 1. The smallest absolute Gasteiger partial charge is 0.245 e. The molecule has 0 atom stereocenters. The molecule has 1 amide bonds. The molecule has 0 radical (unpaired) electrons. The van der Waals surface area contributed by atoms with E-state index in [-0.39, 0.29) is 23.3 Å². The van der Waals surface area contributed by atoms with Gasteiger partial charge in [0.1, 0.15) is 28.7 Å². The van der Waals surface area contributed by atoms with E-state index >= 15 is 0 Å². The maximum atomic E-state index is 12.3. The minimum Gasteiger partial charge on any atom is -0.355 e. The van der Waals surface area contributed by atoms with Crippen molar-refractivity contribution in [1.82, 2.24) is 25.3 Å². The molecule has 0 aromatic carbocycles. The molecule has 7 nitrogen and oxygen atoms in total. The van der Waals surface area contributed by atoms with Gasteiger partial charge in [-0.2, -0.15) is 0 Å². The van der Waals surface area contributed by atoms with Crippen molar-refractivity contribution in [3.05, 3.63) is 34.7 Å². The maximum absolute atomic E-state index is 12.3. The lowest BCUT2D eigenvalue weighted by molar-refractivity contribution is -0.124. The van der Waals surface area contributed by atoms with Crippen LogP contribution in [0.15, 0.2) is 24.7 Å². The summed E-state index contributed by atoms with van der Waals surface area (Å²) in [6.45, 7) is 2.59. The van der Waals surface area contributed by atoms with Gasteiger partial charge in [-0.05, 0) is 19.9 Å². The van der Waals surface area contributed by atoms with Gasteiger partial charge in [-0.25, -0.2) is 19.3 Å². The largest absolute Gasteiger partial charge is 0.355 e. The second kappa shape index (κ2) is 7.66. The van der Waals surface area contributed by atoms with Gasteiger partial charge in [0.15, 0.2) is 5.82 Å². The van der Waals surface area contributed by atoms with Crippen molar-refractivity contribution in [2.24, 2.45) is 0 Å². The molecule has 0 unspecified atom stereocenters. The summed E-state index contributed by atoms with van der Waals surface area (Å²) in [5, 5.41) is 6.98. The number of amides is 1. The van der Waals surface area contributed by atoms with Crippen LogP contribution >= 0.6 is 23.2 Å². The SMILES string of the molecule is CC(C)(Nc1nc(-c2c[nH]c3ncc(Cl)cc23)ncc1Cl)C(=O)NCCF. The molecule has 3 aromatic rings. The summed E-state index contributed by atoms with van der Waals surface area (Å²) in [5.74, 6) is 0.294. The molecule has 3 rings (SSSR count). The lowest BCUT2D eigenvalue weighted by Gasteiger charge is -2.26. The van der Waals surface area contributed by atoms with Gasteiger partial charge in [0.2, 0.25) is 5.91 Å². The fourth-order valence-electron chi connectivity index (χ4n) is 2.48. The highest BCUT2D eigenvalue weighted by atomic mass is 35.5. The lowest BCUT2D eigenvalue weighted by atomic mass is 10.0. The Morgan fingerprint density at radius 1 is 1.30 bits per heavy atom. The molecule has 27 heavy (non-hydrogen) atoms. The zero-order valence-corrected chi connectivity index (χ0v) is 16.1. The van der Waals surface area contributed by atoms with Gasteiger partial charge in [-0.1, -0.05) is 23.2 Å². The van der Waals surface area contributed by atoms with E-state index in [4.69, 9.17) is 23.2 Å². The number of aromatic amines is 1. The Labute approximate surface area is 164 Å². The number of halogens is 3. The highest BCUT2D eigenvalue weighted by Crippen LogP contribution is 2.30. The molecular formula is C17H17Cl2FN6O. The van der Waals surface area contributed by atoms with Gasteiger partial charge in [0.25, 0.3) is 0 Å². The van der Waals surface area contributed by atoms with Crippen LogP contribution in [0.25, 0.3) is 22.4 Å². The van der Waals surface area contributed by atoms with E-state index in [0.29, 0.717) is 22.1 Å². The average Bonchev–Trinajstić information content (AvgIpc) is 3.04. The first-order chi connectivity index (χ1) is 12.8. The summed E-state index contributed by atoms with van der Waals surface area (Å²) in [7, 11) is 0. The Morgan fingerprint density at radius 2 is 2.07 bits per heavy atom. The van der Waals surface area contributed by atoms with Crippen LogP contribution in [0.5, 0.6) is 0 Å². The summed E-state index contributed by atoms with van der Waals surface area (Å²) in [5.41, 5.74) is 0.281. The van der Waals surface area contributed by atoms with E-state index in [1.54, 1.807) is 32.3 Å². The number of pyridine rings is 1. The van der Waals surface area contributed by atoms with Gasteiger partial charge in [-0.3, -0.25) is 4.79 Å². The number of rotatable bonds is 6. The zero-order valence-electron chi connectivity index (χ0n) is 14.6. The summed E-state index contributed by atoms with van der Waals surface area (Å²) in [4.78, 5) is 28.2. The summed E-state index contributed by atoms with van der Waals surface area (Å²) < 4.78 is 12.3. The van der Waals surface area contributed by atoms with Crippen LogP contribution in [0.2, 0.25) is 10.0 Å². The van der Waals surface area contributed by atoms with Crippen molar-refractivity contribution in [2.45, 2.75) is 19.4 Å². The number of hydrogen-bond acceptors (Lipinski definition) is 5. The van der Waals surface area contributed by atoms with Crippen LogP contribution in [-0.2, 0) is 4.79 Å². The lowest BCUT2D eigenvalue weighted by Crippen LogP contribution is -2.48. The minimum absolute atomic E-state index is 0.0597. The van der Waals surface area contributed by atoms with Crippen LogP contribution in [0.3, 0.4) is 0 Å². The predicted octanol–water partition coefficient (Wildman–Crippen LogP) is 3.60. The Kier molecular flexibility index (Phi) is 5.48. The number of aromatic nitrogens is 4. The van der Waals surface area contributed by atoms with E-state index in [0.717, 1.165) is 5.39 Å². The highest BCUT2D eigenvalue weighted by molar-refractivity contribution is 6.33. The second-order valence-electron chi connectivity index (χ2n) is 6.34. The van der Waals surface area contributed by atoms with Crippen molar-refractivity contribution in [3.8, 4) is 11.4 Å². The van der Waals surface area contributed by atoms with Crippen LogP contribution in [0.1, 0.15) is 13.8 Å². The predicted molar refractivity (Wildman–Crippen MR) is 104 cm³/mol. The molecule has 0 aliphatic carbocycles. The standard InChI is InChI=1S/C17H17Cl2FN6O/c1-17(2,16(27)21-4-3-20)26-15-12(19)8-24-14(25-15)11-7-23-13-10(11)5-9(18)6-22-13/h5-8H,3-4H2,1-2H3,(H,21,27)(H,22,23)(H,24,25,26). The van der Waals surface area contributed by atoms with Gasteiger partial charge < -0.3 is 15.6 Å². The van der Waals surface area contributed by atoms with E-state index in [9.17, 15) is 9.18 Å². The first-order valence-corrected chi connectivity index (χ1v) is 8.85. The summed E-state index contributed by atoms with van der Waals surface area (Å²) in [6.07, 6.45) is 4.71. The topological polar surface area (TPSA) is 95.6 Å². The molecule has 3 N–H and O–H groups in total. The highest BCUT2D eigenvalue weighted by Gasteiger charge is 2.28. The quantitative estimate of drug-likeness (QED) is 0.576. The molecule has 142 valence electrons. The van der Waals surface area contributed by atoms with Crippen LogP contribution in [0.4, 0.5) is 10.2 Å². The summed E-state index contributed by atoms with van der Waals surface area (Å²) in [6, 6.07) is 1.76. The number of carbonyl (C=O) groups is 1. The van der Waals surface area contributed by atoms with E-state index in [1.165, 1.54) is 6.20 Å². The van der Waals surface area contributed by atoms with Gasteiger partial charge >= 0.3 is 0 Å². The Bertz CT molecular complexity index is 991. The molecule has 0 bridgehead atoms. The van der Waals surface area contributed by atoms with Crippen LogP contribution in [0, 0.1) is 0 Å². The van der Waals surface area contributed by atoms with Crippen molar-refractivity contribution < 1.29 is 9.18 Å². The fraction of sp³-hybridized carbons (Fsp3) is 0.294. The number of carbonyl (C=O) groups excluding carboxylic acids is 1. The first-order valence-electron chi connectivity index (χ1n) is 8.10. The van der Waals surface area contributed by atoms with E-state index < -0.39 is 12.2 Å².